The van der Waals surface area contributed by atoms with Crippen LogP contribution in [-0.4, -0.2) is 17.3 Å². The van der Waals surface area contributed by atoms with Crippen molar-refractivity contribution < 1.29 is 19.6 Å². The molecule has 2 N–H and O–H groups in total. The van der Waals surface area contributed by atoms with Gasteiger partial charge in [0.05, 0.1) is 11.4 Å². The number of fused-ring (bicyclic) bond motifs is 1. The molecular formula is C48H43N5O4. The van der Waals surface area contributed by atoms with Crippen LogP contribution in [0.5, 0.6) is 5.75 Å². The number of aryl methyl sites for hydroxylation is 4. The van der Waals surface area contributed by atoms with E-state index in [1.807, 2.05) is 30.3 Å². The average Bonchev–Trinajstić information content (AvgIpc) is 3.23. The molecule has 0 spiro atoms. The van der Waals surface area contributed by atoms with Crippen LogP contribution in [0.2, 0.25) is 0 Å². The number of rotatable bonds is 15. The van der Waals surface area contributed by atoms with Gasteiger partial charge in [-0.1, -0.05) is 83.0 Å². The molecule has 7 aromatic carbocycles. The highest BCUT2D eigenvalue weighted by Crippen LogP contribution is 2.37. The Morgan fingerprint density at radius 1 is 0.667 bits per heavy atom. The van der Waals surface area contributed by atoms with Gasteiger partial charge in [0.25, 0.3) is 0 Å². The highest BCUT2D eigenvalue weighted by molar-refractivity contribution is 5.96. The third kappa shape index (κ3) is 9.89. The Kier molecular flexibility index (Phi) is 12.0. The average molecular weight is 754 g/mol. The van der Waals surface area contributed by atoms with E-state index in [2.05, 4.69) is 125 Å². The molecule has 0 atom stereocenters. The van der Waals surface area contributed by atoms with Crippen molar-refractivity contribution in [1.82, 2.24) is 0 Å². The molecule has 0 unspecified atom stereocenters. The van der Waals surface area contributed by atoms with Crippen LogP contribution in [0.1, 0.15) is 45.1 Å². The summed E-state index contributed by atoms with van der Waals surface area (Å²) < 4.78 is 0. The molecule has 0 heterocycles. The van der Waals surface area contributed by atoms with Crippen LogP contribution in [0.4, 0.5) is 34.1 Å². The number of aromatic hydroxyl groups is 1. The van der Waals surface area contributed by atoms with E-state index in [4.69, 9.17) is 9.68 Å². The lowest BCUT2D eigenvalue weighted by molar-refractivity contribution is 0.101. The summed E-state index contributed by atoms with van der Waals surface area (Å²) in [7, 11) is 0. The number of hydrogen-bond donors (Lipinski definition) is 2. The van der Waals surface area contributed by atoms with E-state index in [1.165, 1.54) is 35.6 Å². The number of oxime groups is 1. The van der Waals surface area contributed by atoms with Crippen molar-refractivity contribution in [3.63, 3.8) is 0 Å². The molecule has 0 amide bonds. The number of phenols is 1. The monoisotopic (exact) mass is 753 g/mol. The van der Waals surface area contributed by atoms with Gasteiger partial charge in [0.2, 0.25) is 6.40 Å². The molecule has 0 fully saturated rings. The zero-order chi connectivity index (χ0) is 39.6. The maximum atomic E-state index is 11.5. The molecule has 7 aromatic rings. The molecule has 0 saturated carbocycles. The lowest BCUT2D eigenvalue weighted by atomic mass is 10.0. The molecular weight excluding hydrogens is 711 g/mol. The van der Waals surface area contributed by atoms with Crippen LogP contribution >= 0.6 is 0 Å². The summed E-state index contributed by atoms with van der Waals surface area (Å²) in [6.07, 6.45) is 3.04. The number of nitrogens with zero attached hydrogens (tertiary/aromatic N) is 4. The first-order chi connectivity index (χ1) is 27.8. The molecule has 9 heteroatoms. The van der Waals surface area contributed by atoms with Crippen molar-refractivity contribution in [2.24, 2.45) is 15.4 Å². The zero-order valence-electron chi connectivity index (χ0n) is 32.1. The first-order valence-electron chi connectivity index (χ1n) is 18.7. The van der Waals surface area contributed by atoms with Gasteiger partial charge in [-0.05, 0) is 141 Å². The summed E-state index contributed by atoms with van der Waals surface area (Å²) in [4.78, 5) is 24.7. The summed E-state index contributed by atoms with van der Waals surface area (Å²) in [5.74, 6) is -0.00573. The Hall–Kier alpha value is -7.26. The molecule has 0 aliphatic carbocycles. The SMILES string of the molecule is CC(=O)c1ccc(N=Nc2c(O)ccc3cc(CON=CONc4ccc(CCc5ccc(N(c6ccc(C)cc6)c6ccc(C)cc6)cc5)cc4)ccc23)cc1. The highest BCUT2D eigenvalue weighted by Gasteiger charge is 2.13. The molecule has 7 rings (SSSR count). The van der Waals surface area contributed by atoms with E-state index < -0.39 is 0 Å². The largest absolute Gasteiger partial charge is 0.506 e. The molecule has 0 aliphatic heterocycles. The number of carbonyl (C=O) groups excluding carboxylic acids is 1. The van der Waals surface area contributed by atoms with Crippen LogP contribution in [0.15, 0.2) is 167 Å². The number of nitrogens with one attached hydrogen (secondary N) is 1. The fourth-order valence-corrected chi connectivity index (χ4v) is 6.35. The summed E-state index contributed by atoms with van der Waals surface area (Å²) in [5.41, 5.74) is 14.4. The summed E-state index contributed by atoms with van der Waals surface area (Å²) in [5, 5.41) is 24.5. The van der Waals surface area contributed by atoms with Crippen LogP contribution in [0.25, 0.3) is 10.8 Å². The fraction of sp³-hybridized carbons (Fsp3) is 0.125. The van der Waals surface area contributed by atoms with Crippen LogP contribution in [0, 0.1) is 13.8 Å². The summed E-state index contributed by atoms with van der Waals surface area (Å²) in [6.45, 7) is 5.94. The van der Waals surface area contributed by atoms with Gasteiger partial charge in [-0.25, -0.2) is 5.48 Å². The topological polar surface area (TPSA) is 108 Å². The minimum atomic E-state index is -0.0209. The lowest BCUT2D eigenvalue weighted by Gasteiger charge is -2.26. The second-order valence-corrected chi connectivity index (χ2v) is 13.9. The molecule has 0 radical (unpaired) electrons. The molecule has 0 bridgehead atoms. The predicted molar refractivity (Wildman–Crippen MR) is 229 cm³/mol. The number of anilines is 4. The van der Waals surface area contributed by atoms with Gasteiger partial charge in [-0.3, -0.25) is 4.79 Å². The summed E-state index contributed by atoms with van der Waals surface area (Å²) in [6, 6.07) is 50.1. The third-order valence-corrected chi connectivity index (χ3v) is 9.59. The van der Waals surface area contributed by atoms with Gasteiger partial charge in [0, 0.05) is 28.0 Å². The minimum absolute atomic E-state index is 0.0152. The Bertz CT molecular complexity index is 2450. The van der Waals surface area contributed by atoms with Gasteiger partial charge in [0.15, 0.2) is 5.78 Å². The van der Waals surface area contributed by atoms with Crippen molar-refractivity contribution in [2.45, 2.75) is 40.2 Å². The van der Waals surface area contributed by atoms with Crippen LogP contribution < -0.4 is 10.4 Å². The summed E-state index contributed by atoms with van der Waals surface area (Å²) >= 11 is 0. The van der Waals surface area contributed by atoms with E-state index in [1.54, 1.807) is 36.4 Å². The first-order valence-corrected chi connectivity index (χ1v) is 18.7. The number of carbonyl (C=O) groups is 1. The van der Waals surface area contributed by atoms with Crippen molar-refractivity contribution in [1.29, 1.82) is 0 Å². The van der Waals surface area contributed by atoms with Crippen molar-refractivity contribution in [3.05, 3.63) is 185 Å². The van der Waals surface area contributed by atoms with E-state index in [9.17, 15) is 9.90 Å². The van der Waals surface area contributed by atoms with Crippen molar-refractivity contribution in [3.8, 4) is 5.75 Å². The molecule has 57 heavy (non-hydrogen) atoms. The highest BCUT2D eigenvalue weighted by atomic mass is 16.7. The Balaban J connectivity index is 0.873. The normalized spacial score (nSPS) is 11.3. The first kappa shape index (κ1) is 38.0. The number of phenolic OH excluding ortho intramolecular Hbond substituents is 1. The molecule has 0 saturated heterocycles. The number of benzene rings is 7. The number of hydrogen-bond acceptors (Lipinski definition) is 9. The van der Waals surface area contributed by atoms with Crippen LogP contribution in [-0.2, 0) is 29.1 Å². The van der Waals surface area contributed by atoms with E-state index in [0.717, 1.165) is 51.9 Å². The molecule has 0 aromatic heterocycles. The lowest BCUT2D eigenvalue weighted by Crippen LogP contribution is -2.10. The van der Waals surface area contributed by atoms with Crippen molar-refractivity contribution >= 4 is 57.1 Å². The van der Waals surface area contributed by atoms with Crippen LogP contribution in [0.3, 0.4) is 0 Å². The van der Waals surface area contributed by atoms with Crippen molar-refractivity contribution in [2.75, 3.05) is 10.4 Å². The number of ketones is 1. The van der Waals surface area contributed by atoms with E-state index in [-0.39, 0.29) is 18.1 Å². The van der Waals surface area contributed by atoms with Gasteiger partial charge in [0.1, 0.15) is 18.0 Å². The fourth-order valence-electron chi connectivity index (χ4n) is 6.35. The van der Waals surface area contributed by atoms with Gasteiger partial charge < -0.3 is 19.7 Å². The molecule has 284 valence electrons. The second kappa shape index (κ2) is 17.9. The Morgan fingerprint density at radius 2 is 1.23 bits per heavy atom. The second-order valence-electron chi connectivity index (χ2n) is 13.9. The van der Waals surface area contributed by atoms with E-state index in [0.29, 0.717) is 16.9 Å². The maximum absolute atomic E-state index is 11.5. The zero-order valence-corrected chi connectivity index (χ0v) is 32.1. The minimum Gasteiger partial charge on any atom is -0.506 e. The predicted octanol–water partition coefficient (Wildman–Crippen LogP) is 12.5. The quantitative estimate of drug-likeness (QED) is 0.0355. The number of Topliss-reactive ketones (excluding diaryl/α,β-unsaturated/α-hetero) is 1. The smallest absolute Gasteiger partial charge is 0.245 e. The third-order valence-electron chi connectivity index (χ3n) is 9.59. The Labute approximate surface area is 332 Å². The molecule has 9 nitrogen and oxygen atoms in total. The van der Waals surface area contributed by atoms with Gasteiger partial charge in [-0.2, -0.15) is 5.11 Å². The van der Waals surface area contributed by atoms with E-state index >= 15 is 0 Å². The number of azo groups is 1. The molecule has 0 aliphatic rings. The van der Waals surface area contributed by atoms with Gasteiger partial charge in [-0.15, -0.1) is 5.11 Å². The standard InChI is InChI=1S/C48H43N5O4/c1-33-4-22-43(23-5-33)53(44-24-6-34(2)7-25-44)45-26-12-37(13-27-45)9-8-36-10-18-42(19-11-36)52-57-32-49-56-31-38-14-28-46-40(30-38)17-29-47(55)48(46)51-50-41-20-15-39(16-21-41)35(3)54/h4-7,10-30,32,52,55H,8-9,31H2,1-3H3. The maximum Gasteiger partial charge on any atom is 0.245 e. The Morgan fingerprint density at radius 3 is 1.82 bits per heavy atom. The van der Waals surface area contributed by atoms with Gasteiger partial charge >= 0.3 is 0 Å².